The topological polar surface area (TPSA) is 132 Å². The largest absolute Gasteiger partial charge is 0.370 e. The maximum absolute atomic E-state index is 12.0. The lowest BCUT2D eigenvalue weighted by molar-refractivity contribution is -0.130. The number of amides is 2. The Labute approximate surface area is 134 Å². The van der Waals surface area contributed by atoms with E-state index in [9.17, 15) is 19.2 Å². The van der Waals surface area contributed by atoms with Gasteiger partial charge in [-0.05, 0) is 6.92 Å². The fraction of sp³-hybridized carbons (Fsp3) is 0.667. The van der Waals surface area contributed by atoms with Crippen LogP contribution in [-0.2, 0) is 19.2 Å². The number of Topliss-reactive ketones (excluding diaryl/α,β-unsaturated/α-hetero) is 2. The third kappa shape index (κ3) is 7.49. The Morgan fingerprint density at radius 3 is 2.05 bits per heavy atom. The average Bonchev–Trinajstić information content (AvgIpc) is 2.40. The van der Waals surface area contributed by atoms with Crippen LogP contribution < -0.4 is 16.8 Å². The second-order valence-corrected chi connectivity index (χ2v) is 5.41. The summed E-state index contributed by atoms with van der Waals surface area (Å²) in [6.07, 6.45) is -0.346. The van der Waals surface area contributed by atoms with Crippen molar-refractivity contribution in [2.75, 3.05) is 11.5 Å². The first-order valence-corrected chi connectivity index (χ1v) is 7.58. The minimum Gasteiger partial charge on any atom is -0.370 e. The van der Waals surface area contributed by atoms with E-state index in [1.165, 1.54) is 6.92 Å². The number of nitrogens with one attached hydrogen (secondary N) is 1. The van der Waals surface area contributed by atoms with Crippen molar-refractivity contribution >= 4 is 48.6 Å². The normalized spacial score (nSPS) is 14.9. The molecule has 21 heavy (non-hydrogen) atoms. The summed E-state index contributed by atoms with van der Waals surface area (Å²) in [7, 11) is 0. The Morgan fingerprint density at radius 2 is 1.67 bits per heavy atom. The SMILES string of the molecule is CC(=O)[C@@H](CS)CC(=O)[C@@H](CS)NC(=O)[C@H](N)CC(N)=O. The summed E-state index contributed by atoms with van der Waals surface area (Å²) in [5.41, 5.74) is 10.4. The minimum atomic E-state index is -1.12. The van der Waals surface area contributed by atoms with Gasteiger partial charge >= 0.3 is 0 Å². The van der Waals surface area contributed by atoms with Gasteiger partial charge in [-0.25, -0.2) is 0 Å². The number of ketones is 2. The Balaban J connectivity index is 4.63. The molecule has 5 N–H and O–H groups in total. The predicted molar refractivity (Wildman–Crippen MR) is 85.2 cm³/mol. The van der Waals surface area contributed by atoms with Gasteiger partial charge in [0, 0.05) is 23.8 Å². The highest BCUT2D eigenvalue weighted by molar-refractivity contribution is 7.80. The number of primary amides is 1. The molecule has 0 saturated carbocycles. The van der Waals surface area contributed by atoms with Crippen molar-refractivity contribution in [3.8, 4) is 0 Å². The zero-order chi connectivity index (χ0) is 16.6. The first-order chi connectivity index (χ1) is 9.72. The molecule has 120 valence electrons. The van der Waals surface area contributed by atoms with Crippen molar-refractivity contribution in [1.82, 2.24) is 5.32 Å². The number of hydrogen-bond donors (Lipinski definition) is 5. The van der Waals surface area contributed by atoms with Gasteiger partial charge < -0.3 is 16.8 Å². The minimum absolute atomic E-state index is 0.0323. The van der Waals surface area contributed by atoms with Gasteiger partial charge in [0.05, 0.1) is 18.5 Å². The molecule has 0 rings (SSSR count). The van der Waals surface area contributed by atoms with Gasteiger partial charge in [0.2, 0.25) is 11.8 Å². The summed E-state index contributed by atoms with van der Waals surface area (Å²) in [5.74, 6) is -2.04. The van der Waals surface area contributed by atoms with E-state index in [2.05, 4.69) is 30.6 Å². The smallest absolute Gasteiger partial charge is 0.238 e. The molecule has 9 heteroatoms. The zero-order valence-corrected chi connectivity index (χ0v) is 13.5. The van der Waals surface area contributed by atoms with Crippen molar-refractivity contribution in [3.63, 3.8) is 0 Å². The molecule has 0 aromatic heterocycles. The number of carbonyl (C=O) groups is 4. The Hall–Kier alpha value is -1.06. The van der Waals surface area contributed by atoms with E-state index in [1.807, 2.05) is 0 Å². The van der Waals surface area contributed by atoms with Crippen LogP contribution in [0.25, 0.3) is 0 Å². The van der Waals surface area contributed by atoms with Crippen molar-refractivity contribution in [1.29, 1.82) is 0 Å². The van der Waals surface area contributed by atoms with Gasteiger partial charge in [0.1, 0.15) is 5.78 Å². The van der Waals surface area contributed by atoms with Gasteiger partial charge in [-0.3, -0.25) is 19.2 Å². The number of thiol groups is 2. The molecule has 7 nitrogen and oxygen atoms in total. The van der Waals surface area contributed by atoms with Crippen LogP contribution in [0, 0.1) is 5.92 Å². The van der Waals surface area contributed by atoms with Crippen molar-refractivity contribution < 1.29 is 19.2 Å². The highest BCUT2D eigenvalue weighted by atomic mass is 32.1. The second-order valence-electron chi connectivity index (χ2n) is 4.68. The second kappa shape index (κ2) is 9.80. The molecule has 0 unspecified atom stereocenters. The molecular weight excluding hydrogens is 314 g/mol. The fourth-order valence-electron chi connectivity index (χ4n) is 1.54. The Bertz CT molecular complexity index is 417. The molecule has 2 amide bonds. The summed E-state index contributed by atoms with van der Waals surface area (Å²) in [5, 5.41) is 2.41. The molecule has 0 saturated heterocycles. The van der Waals surface area contributed by atoms with Gasteiger partial charge in [-0.2, -0.15) is 25.3 Å². The summed E-state index contributed by atoms with van der Waals surface area (Å²) in [4.78, 5) is 45.8. The molecular formula is C12H21N3O4S2. The predicted octanol–water partition coefficient (Wildman–Crippen LogP) is -1.30. The van der Waals surface area contributed by atoms with Crippen LogP contribution >= 0.6 is 25.3 Å². The van der Waals surface area contributed by atoms with Crippen molar-refractivity contribution in [2.24, 2.45) is 17.4 Å². The molecule has 0 aliphatic carbocycles. The number of carbonyl (C=O) groups excluding carboxylic acids is 4. The summed E-state index contributed by atoms with van der Waals surface area (Å²) in [6.45, 7) is 1.38. The van der Waals surface area contributed by atoms with Gasteiger partial charge in [0.25, 0.3) is 0 Å². The zero-order valence-electron chi connectivity index (χ0n) is 11.7. The molecule has 0 aromatic rings. The van der Waals surface area contributed by atoms with E-state index in [1.54, 1.807) is 0 Å². The van der Waals surface area contributed by atoms with Crippen LogP contribution in [0.4, 0.5) is 0 Å². The Kier molecular flexibility index (Phi) is 9.31. The maximum Gasteiger partial charge on any atom is 0.238 e. The molecule has 0 spiro atoms. The summed E-state index contributed by atoms with van der Waals surface area (Å²) in [6, 6.07) is -1.99. The maximum atomic E-state index is 12.0. The molecule has 0 fully saturated rings. The van der Waals surface area contributed by atoms with Crippen LogP contribution in [-0.4, -0.2) is 47.0 Å². The third-order valence-corrected chi connectivity index (χ3v) is 3.69. The van der Waals surface area contributed by atoms with E-state index in [0.717, 1.165) is 0 Å². The lowest BCUT2D eigenvalue weighted by Crippen LogP contribution is -2.50. The van der Waals surface area contributed by atoms with Crippen LogP contribution in [0.2, 0.25) is 0 Å². The monoisotopic (exact) mass is 335 g/mol. The van der Waals surface area contributed by atoms with E-state index in [4.69, 9.17) is 11.5 Å². The van der Waals surface area contributed by atoms with E-state index in [0.29, 0.717) is 0 Å². The van der Waals surface area contributed by atoms with Crippen LogP contribution in [0.15, 0.2) is 0 Å². The van der Waals surface area contributed by atoms with Crippen molar-refractivity contribution in [3.05, 3.63) is 0 Å². The highest BCUT2D eigenvalue weighted by Crippen LogP contribution is 2.10. The molecule has 0 aromatic carbocycles. The molecule has 0 aliphatic heterocycles. The number of nitrogens with two attached hydrogens (primary N) is 2. The summed E-state index contributed by atoms with van der Waals surface area (Å²) >= 11 is 8.02. The lowest BCUT2D eigenvalue weighted by atomic mass is 9.97. The average molecular weight is 335 g/mol. The fourth-order valence-corrected chi connectivity index (χ4v) is 2.22. The number of hydrogen-bond acceptors (Lipinski definition) is 7. The molecule has 0 heterocycles. The summed E-state index contributed by atoms with van der Waals surface area (Å²) < 4.78 is 0. The lowest BCUT2D eigenvalue weighted by Gasteiger charge is -2.19. The van der Waals surface area contributed by atoms with Crippen LogP contribution in [0.3, 0.4) is 0 Å². The molecule has 3 atom stereocenters. The molecule has 0 bridgehead atoms. The first-order valence-electron chi connectivity index (χ1n) is 6.32. The highest BCUT2D eigenvalue weighted by Gasteiger charge is 2.26. The number of rotatable bonds is 10. The Morgan fingerprint density at radius 1 is 1.10 bits per heavy atom. The van der Waals surface area contributed by atoms with Gasteiger partial charge in [0.15, 0.2) is 5.78 Å². The van der Waals surface area contributed by atoms with Crippen LogP contribution in [0.1, 0.15) is 19.8 Å². The third-order valence-electron chi connectivity index (χ3n) is 2.89. The van der Waals surface area contributed by atoms with Crippen LogP contribution in [0.5, 0.6) is 0 Å². The quantitative estimate of drug-likeness (QED) is 0.317. The first kappa shape index (κ1) is 19.9. The van der Waals surface area contributed by atoms with E-state index >= 15 is 0 Å². The van der Waals surface area contributed by atoms with Gasteiger partial charge in [-0.1, -0.05) is 0 Å². The molecule has 0 aliphatic rings. The molecule has 0 radical (unpaired) electrons. The van der Waals surface area contributed by atoms with Crippen molar-refractivity contribution in [2.45, 2.75) is 31.8 Å². The van der Waals surface area contributed by atoms with E-state index in [-0.39, 0.29) is 35.9 Å². The van der Waals surface area contributed by atoms with Gasteiger partial charge in [-0.15, -0.1) is 0 Å². The van der Waals surface area contributed by atoms with E-state index < -0.39 is 29.8 Å². The standard InChI is InChI=1S/C12H21N3O4S2/c1-6(16)7(4-20)2-10(17)9(5-21)15-12(19)8(13)3-11(14)18/h7-9,20-21H,2-5,13H2,1H3,(H2,14,18)(H,15,19)/t7-,8-,9-/m1/s1.